The van der Waals surface area contributed by atoms with Crippen LogP contribution in [0.25, 0.3) is 0 Å². The van der Waals surface area contributed by atoms with Crippen LogP contribution in [0.3, 0.4) is 0 Å². The average Bonchev–Trinajstić information content (AvgIpc) is 2.19. The molecule has 0 aromatic carbocycles. The smallest absolute Gasteiger partial charge is 0.122 e. The zero-order chi connectivity index (χ0) is 10.4. The zero-order valence-corrected chi connectivity index (χ0v) is 9.62. The van der Waals surface area contributed by atoms with E-state index in [0.29, 0.717) is 10.7 Å². The minimum Gasteiger partial charge on any atom is -0.388 e. The highest BCUT2D eigenvalue weighted by molar-refractivity contribution is 7.98. The summed E-state index contributed by atoms with van der Waals surface area (Å²) in [5, 5.41) is 3.26. The van der Waals surface area contributed by atoms with E-state index in [9.17, 15) is 0 Å². The molecule has 0 amide bonds. The molecule has 1 aromatic heterocycles. The number of anilines is 1. The molecule has 0 saturated heterocycles. The lowest BCUT2D eigenvalue weighted by Gasteiger charge is -2.05. The number of hydrogen-bond donors (Lipinski definition) is 2. The van der Waals surface area contributed by atoms with Crippen LogP contribution in [-0.4, -0.2) is 28.5 Å². The zero-order valence-electron chi connectivity index (χ0n) is 7.99. The molecule has 0 aliphatic carbocycles. The second kappa shape index (κ2) is 5.82. The van der Waals surface area contributed by atoms with E-state index in [1.807, 2.05) is 12.1 Å². The van der Waals surface area contributed by atoms with Gasteiger partial charge in [-0.05, 0) is 18.4 Å². The SMILES string of the molecule is CSCCNc1ccnc(C(N)=S)c1. The summed E-state index contributed by atoms with van der Waals surface area (Å²) >= 11 is 6.64. The molecule has 3 nitrogen and oxygen atoms in total. The number of pyridine rings is 1. The van der Waals surface area contributed by atoms with Gasteiger partial charge in [-0.2, -0.15) is 11.8 Å². The van der Waals surface area contributed by atoms with Gasteiger partial charge in [0.25, 0.3) is 0 Å². The van der Waals surface area contributed by atoms with E-state index < -0.39 is 0 Å². The van der Waals surface area contributed by atoms with E-state index in [1.54, 1.807) is 18.0 Å². The summed E-state index contributed by atoms with van der Waals surface area (Å²) in [4.78, 5) is 4.39. The van der Waals surface area contributed by atoms with Gasteiger partial charge in [0, 0.05) is 24.2 Å². The van der Waals surface area contributed by atoms with Gasteiger partial charge < -0.3 is 11.1 Å². The summed E-state index contributed by atoms with van der Waals surface area (Å²) < 4.78 is 0. The first-order valence-electron chi connectivity index (χ1n) is 4.22. The van der Waals surface area contributed by atoms with Crippen molar-refractivity contribution in [1.29, 1.82) is 0 Å². The number of nitrogens with two attached hydrogens (primary N) is 1. The van der Waals surface area contributed by atoms with Gasteiger partial charge in [-0.3, -0.25) is 4.98 Å². The van der Waals surface area contributed by atoms with Crippen molar-refractivity contribution >= 4 is 34.7 Å². The highest BCUT2D eigenvalue weighted by atomic mass is 32.2. The first-order chi connectivity index (χ1) is 6.74. The van der Waals surface area contributed by atoms with Crippen LogP contribution in [0.5, 0.6) is 0 Å². The van der Waals surface area contributed by atoms with Crippen LogP contribution < -0.4 is 11.1 Å². The second-order valence-electron chi connectivity index (χ2n) is 2.71. The Bertz CT molecular complexity index is 315. The highest BCUT2D eigenvalue weighted by Crippen LogP contribution is 2.07. The Morgan fingerprint density at radius 1 is 1.71 bits per heavy atom. The minimum atomic E-state index is 0.332. The van der Waals surface area contributed by atoms with Crippen molar-refractivity contribution in [3.05, 3.63) is 24.0 Å². The Balaban J connectivity index is 2.59. The monoisotopic (exact) mass is 227 g/mol. The number of rotatable bonds is 5. The van der Waals surface area contributed by atoms with E-state index in [2.05, 4.69) is 16.6 Å². The number of thiocarbonyl (C=S) groups is 1. The molecule has 0 aliphatic rings. The molecule has 0 bridgehead atoms. The van der Waals surface area contributed by atoms with Crippen LogP contribution in [0.1, 0.15) is 5.69 Å². The number of nitrogens with zero attached hydrogens (tertiary/aromatic N) is 1. The van der Waals surface area contributed by atoms with Crippen LogP contribution in [-0.2, 0) is 0 Å². The van der Waals surface area contributed by atoms with E-state index in [-0.39, 0.29) is 0 Å². The Labute approximate surface area is 93.5 Å². The van der Waals surface area contributed by atoms with Gasteiger partial charge in [0.15, 0.2) is 0 Å². The van der Waals surface area contributed by atoms with Crippen molar-refractivity contribution in [3.8, 4) is 0 Å². The molecule has 0 unspecified atom stereocenters. The van der Waals surface area contributed by atoms with Gasteiger partial charge in [-0.15, -0.1) is 0 Å². The molecule has 0 radical (unpaired) electrons. The van der Waals surface area contributed by atoms with Gasteiger partial charge in [0.2, 0.25) is 0 Å². The fourth-order valence-corrected chi connectivity index (χ4v) is 1.39. The minimum absolute atomic E-state index is 0.332. The third kappa shape index (κ3) is 3.51. The van der Waals surface area contributed by atoms with Gasteiger partial charge in [-0.25, -0.2) is 0 Å². The molecule has 0 fully saturated rings. The molecular formula is C9H13N3S2. The fraction of sp³-hybridized carbons (Fsp3) is 0.333. The van der Waals surface area contributed by atoms with Crippen molar-refractivity contribution < 1.29 is 0 Å². The second-order valence-corrected chi connectivity index (χ2v) is 4.14. The maximum atomic E-state index is 5.47. The van der Waals surface area contributed by atoms with E-state index in [0.717, 1.165) is 18.0 Å². The molecule has 0 aliphatic heterocycles. The van der Waals surface area contributed by atoms with Crippen LogP contribution in [0.15, 0.2) is 18.3 Å². The molecule has 76 valence electrons. The third-order valence-corrected chi connectivity index (χ3v) is 2.47. The molecule has 1 aromatic rings. The van der Waals surface area contributed by atoms with Gasteiger partial charge >= 0.3 is 0 Å². The van der Waals surface area contributed by atoms with Gasteiger partial charge in [-0.1, -0.05) is 12.2 Å². The quantitative estimate of drug-likeness (QED) is 0.589. The molecular weight excluding hydrogens is 214 g/mol. The van der Waals surface area contributed by atoms with Gasteiger partial charge in [0.05, 0.1) is 5.69 Å². The molecule has 3 N–H and O–H groups in total. The Morgan fingerprint density at radius 3 is 3.14 bits per heavy atom. The fourth-order valence-electron chi connectivity index (χ4n) is 0.973. The summed E-state index contributed by atoms with van der Waals surface area (Å²) in [7, 11) is 0. The average molecular weight is 227 g/mol. The first-order valence-corrected chi connectivity index (χ1v) is 6.03. The van der Waals surface area contributed by atoms with Crippen molar-refractivity contribution in [2.24, 2.45) is 5.73 Å². The molecule has 0 spiro atoms. The summed E-state index contributed by atoms with van der Waals surface area (Å²) in [6.07, 6.45) is 3.78. The Hall–Kier alpha value is -0.810. The number of nitrogens with one attached hydrogen (secondary N) is 1. The number of aromatic nitrogens is 1. The van der Waals surface area contributed by atoms with E-state index in [4.69, 9.17) is 18.0 Å². The van der Waals surface area contributed by atoms with Crippen LogP contribution in [0.4, 0.5) is 5.69 Å². The lowest BCUT2D eigenvalue weighted by Crippen LogP contribution is -2.12. The highest BCUT2D eigenvalue weighted by Gasteiger charge is 1.98. The normalized spacial score (nSPS) is 9.79. The predicted octanol–water partition coefficient (Wildman–Crippen LogP) is 1.49. The van der Waals surface area contributed by atoms with Crippen molar-refractivity contribution in [2.45, 2.75) is 0 Å². The Kier molecular flexibility index (Phi) is 4.69. The summed E-state index contributed by atoms with van der Waals surface area (Å²) in [5.74, 6) is 1.07. The van der Waals surface area contributed by atoms with Gasteiger partial charge in [0.1, 0.15) is 4.99 Å². The van der Waals surface area contributed by atoms with Crippen molar-refractivity contribution in [2.75, 3.05) is 23.9 Å². The molecule has 1 heterocycles. The maximum absolute atomic E-state index is 5.47. The molecule has 5 heteroatoms. The lowest BCUT2D eigenvalue weighted by atomic mass is 10.3. The largest absolute Gasteiger partial charge is 0.388 e. The van der Waals surface area contributed by atoms with Crippen molar-refractivity contribution in [1.82, 2.24) is 4.98 Å². The van der Waals surface area contributed by atoms with Crippen LogP contribution in [0, 0.1) is 0 Å². The maximum Gasteiger partial charge on any atom is 0.122 e. The summed E-state index contributed by atoms with van der Waals surface area (Å²) in [6, 6.07) is 3.77. The standard InChI is InChI=1S/C9H13N3S2/c1-14-5-4-11-7-2-3-12-8(6-7)9(10)13/h2-3,6H,4-5H2,1H3,(H2,10,13)(H,11,12). The first kappa shape index (κ1) is 11.3. The van der Waals surface area contributed by atoms with Crippen LogP contribution in [0.2, 0.25) is 0 Å². The lowest BCUT2D eigenvalue weighted by molar-refractivity contribution is 1.21. The molecule has 1 rings (SSSR count). The Morgan fingerprint density at radius 2 is 2.50 bits per heavy atom. The van der Waals surface area contributed by atoms with Crippen molar-refractivity contribution in [3.63, 3.8) is 0 Å². The molecule has 0 atom stereocenters. The molecule has 0 saturated carbocycles. The van der Waals surface area contributed by atoms with Crippen LogP contribution >= 0.6 is 24.0 Å². The molecule has 14 heavy (non-hydrogen) atoms. The third-order valence-electron chi connectivity index (χ3n) is 1.65. The number of hydrogen-bond acceptors (Lipinski definition) is 4. The topological polar surface area (TPSA) is 50.9 Å². The predicted molar refractivity (Wildman–Crippen MR) is 67.0 cm³/mol. The summed E-state index contributed by atoms with van der Waals surface area (Å²) in [6.45, 7) is 0.932. The van der Waals surface area contributed by atoms with E-state index >= 15 is 0 Å². The van der Waals surface area contributed by atoms with E-state index in [1.165, 1.54) is 0 Å². The summed E-state index contributed by atoms with van der Waals surface area (Å²) in [5.41, 5.74) is 7.15. The number of thioether (sulfide) groups is 1.